The zero-order chi connectivity index (χ0) is 28.8. The lowest BCUT2D eigenvalue weighted by Gasteiger charge is -2.33. The van der Waals surface area contributed by atoms with E-state index in [2.05, 4.69) is 89.2 Å². The number of rotatable bonds is 7. The Kier molecular flexibility index (Phi) is 8.75. The second-order valence-corrected chi connectivity index (χ2v) is 11.4. The van der Waals surface area contributed by atoms with Crippen LogP contribution in [0.3, 0.4) is 0 Å². The van der Waals surface area contributed by atoms with E-state index in [1.54, 1.807) is 19.2 Å². The van der Waals surface area contributed by atoms with Gasteiger partial charge in [-0.3, -0.25) is 0 Å². The molecule has 1 atom stereocenters. The van der Waals surface area contributed by atoms with E-state index in [-0.39, 0.29) is 20.4 Å². The van der Waals surface area contributed by atoms with Gasteiger partial charge >= 0.3 is 0 Å². The first-order chi connectivity index (χ1) is 19.9. The molecule has 4 aromatic carbocycles. The molecule has 3 nitrogen and oxygen atoms in total. The predicted octanol–water partition coefficient (Wildman–Crippen LogP) is 8.26. The van der Waals surface area contributed by atoms with Crippen LogP contribution in [0.4, 0.5) is 10.2 Å². The lowest BCUT2D eigenvalue weighted by atomic mass is 9.84. The molecule has 41 heavy (non-hydrogen) atoms. The van der Waals surface area contributed by atoms with Crippen molar-refractivity contribution in [3.8, 4) is 17.2 Å². The van der Waals surface area contributed by atoms with Crippen LogP contribution in [0.25, 0.3) is 0 Å². The monoisotopic (exact) mass is 594 g/mol. The number of benzene rings is 4. The molecular formula is C34H25Cl2FN2OSi. The van der Waals surface area contributed by atoms with Gasteiger partial charge in [0.1, 0.15) is 11.9 Å². The molecule has 202 valence electrons. The lowest BCUT2D eigenvalue weighted by Crippen LogP contribution is -2.35. The van der Waals surface area contributed by atoms with Gasteiger partial charge in [-0.15, -0.1) is 5.54 Å². The molecule has 0 amide bonds. The number of nitrogens with two attached hydrogens (primary N) is 1. The molecule has 5 rings (SSSR count). The van der Waals surface area contributed by atoms with Crippen LogP contribution in [-0.2, 0) is 5.04 Å². The fraction of sp³-hybridized carbons (Fsp3) is 0.0882. The highest BCUT2D eigenvalue weighted by Crippen LogP contribution is 2.38. The Morgan fingerprint density at radius 2 is 1.39 bits per heavy atom. The number of anilines is 1. The van der Waals surface area contributed by atoms with Crippen LogP contribution in [0, 0.1) is 17.3 Å². The Morgan fingerprint density at radius 3 is 1.93 bits per heavy atom. The van der Waals surface area contributed by atoms with E-state index < -0.39 is 17.0 Å². The van der Waals surface area contributed by atoms with Crippen LogP contribution in [0.15, 0.2) is 115 Å². The molecule has 7 heteroatoms. The predicted molar refractivity (Wildman–Crippen MR) is 166 cm³/mol. The van der Waals surface area contributed by atoms with Crippen molar-refractivity contribution in [3.63, 3.8) is 0 Å². The highest BCUT2D eigenvalue weighted by molar-refractivity contribution is 6.52. The number of hydrogen-bond donors (Lipinski definition) is 1. The number of hydrogen-bond acceptors (Lipinski definition) is 3. The van der Waals surface area contributed by atoms with Crippen molar-refractivity contribution in [3.05, 3.63) is 159 Å². The summed E-state index contributed by atoms with van der Waals surface area (Å²) in [5, 5.41) is -0.268. The van der Waals surface area contributed by atoms with E-state index in [1.165, 1.54) is 12.1 Å². The molecule has 1 heterocycles. The van der Waals surface area contributed by atoms with Crippen molar-refractivity contribution in [2.24, 2.45) is 0 Å². The van der Waals surface area contributed by atoms with E-state index in [0.717, 1.165) is 16.7 Å². The van der Waals surface area contributed by atoms with Gasteiger partial charge in [0.15, 0.2) is 21.1 Å². The van der Waals surface area contributed by atoms with Gasteiger partial charge in [0.05, 0.1) is 5.02 Å². The van der Waals surface area contributed by atoms with E-state index in [9.17, 15) is 4.39 Å². The molecule has 0 aliphatic rings. The van der Waals surface area contributed by atoms with Crippen molar-refractivity contribution in [1.29, 1.82) is 0 Å². The van der Waals surface area contributed by atoms with E-state index in [4.69, 9.17) is 33.7 Å². The smallest absolute Gasteiger partial charge is 0.170 e. The maximum atomic E-state index is 14.1. The van der Waals surface area contributed by atoms with Gasteiger partial charge in [0.25, 0.3) is 0 Å². The summed E-state index contributed by atoms with van der Waals surface area (Å²) in [6.07, 6.45) is 0.934. The van der Waals surface area contributed by atoms with Crippen LogP contribution in [0.1, 0.15) is 40.8 Å². The Hall–Kier alpha value is -4.08. The molecular weight excluding hydrogens is 570 g/mol. The maximum absolute atomic E-state index is 14.1. The summed E-state index contributed by atoms with van der Waals surface area (Å²) in [5.41, 5.74) is 14.0. The average Bonchev–Trinajstić information content (AvgIpc) is 3.00. The highest BCUT2D eigenvalue weighted by Gasteiger charge is 2.36. The summed E-state index contributed by atoms with van der Waals surface area (Å²) < 4.78 is 20.2. The fourth-order valence-corrected chi connectivity index (χ4v) is 6.77. The number of aromatic nitrogens is 1. The van der Waals surface area contributed by atoms with Crippen molar-refractivity contribution in [1.82, 2.24) is 4.98 Å². The summed E-state index contributed by atoms with van der Waals surface area (Å²) >= 11 is 12.5. The largest absolute Gasteiger partial charge is 0.482 e. The van der Waals surface area contributed by atoms with Crippen molar-refractivity contribution < 1.29 is 9.13 Å². The molecule has 0 saturated carbocycles. The van der Waals surface area contributed by atoms with Crippen LogP contribution in [0.2, 0.25) is 10.0 Å². The van der Waals surface area contributed by atoms with Gasteiger partial charge in [0.2, 0.25) is 0 Å². The third-order valence-corrected chi connectivity index (χ3v) is 8.95. The Bertz CT molecular complexity index is 1610. The summed E-state index contributed by atoms with van der Waals surface area (Å²) in [6.45, 7) is 1.72. The maximum Gasteiger partial charge on any atom is 0.170 e. The Balaban J connectivity index is 1.51. The van der Waals surface area contributed by atoms with Crippen molar-refractivity contribution in [2.75, 3.05) is 5.73 Å². The zero-order valence-electron chi connectivity index (χ0n) is 22.1. The molecule has 0 aliphatic carbocycles. The average molecular weight is 596 g/mol. The van der Waals surface area contributed by atoms with Gasteiger partial charge < -0.3 is 10.5 Å². The van der Waals surface area contributed by atoms with Gasteiger partial charge in [-0.2, -0.15) is 0 Å². The molecule has 0 bridgehead atoms. The number of nitrogen functional groups attached to an aromatic ring is 1. The Morgan fingerprint density at radius 1 is 0.854 bits per heavy atom. The fourth-order valence-electron chi connectivity index (χ4n) is 4.76. The topological polar surface area (TPSA) is 48.1 Å². The summed E-state index contributed by atoms with van der Waals surface area (Å²) in [6, 6.07) is 35.7. The first kappa shape index (κ1) is 28.4. The SMILES string of the molecule is CC(Oc1cc(C#C[Si]C(c2ccccc2)(c2ccccc2)c2ccccc2)cnc1N)c1c(Cl)ccc(F)c1Cl. The summed E-state index contributed by atoms with van der Waals surface area (Å²) in [5.74, 6) is 3.19. The molecule has 5 aromatic rings. The quantitative estimate of drug-likeness (QED) is 0.0892. The van der Waals surface area contributed by atoms with Gasteiger partial charge in [-0.1, -0.05) is 120 Å². The summed E-state index contributed by atoms with van der Waals surface area (Å²) in [4.78, 5) is 4.29. The minimum Gasteiger partial charge on any atom is -0.482 e. The van der Waals surface area contributed by atoms with Gasteiger partial charge in [-0.25, -0.2) is 9.37 Å². The number of halogens is 3. The minimum atomic E-state index is -0.679. The van der Waals surface area contributed by atoms with Crippen molar-refractivity contribution in [2.45, 2.75) is 18.1 Å². The number of ether oxygens (including phenoxy) is 1. The molecule has 0 spiro atoms. The molecule has 0 fully saturated rings. The first-order valence-electron chi connectivity index (χ1n) is 12.9. The third-order valence-electron chi connectivity index (χ3n) is 6.75. The lowest BCUT2D eigenvalue weighted by molar-refractivity contribution is 0.227. The third kappa shape index (κ3) is 6.01. The molecule has 1 aromatic heterocycles. The van der Waals surface area contributed by atoms with Gasteiger partial charge in [0, 0.05) is 33.5 Å². The van der Waals surface area contributed by atoms with E-state index >= 15 is 0 Å². The summed E-state index contributed by atoms with van der Waals surface area (Å²) in [7, 11) is 0.177. The van der Waals surface area contributed by atoms with Crippen LogP contribution in [0.5, 0.6) is 5.75 Å². The van der Waals surface area contributed by atoms with Crippen LogP contribution >= 0.6 is 23.2 Å². The standard InChI is InChI=1S/C34H25Cl2FN2OSi/c1-23(31-28(35)17-18-29(37)32(31)36)40-30-21-24(22-39-33(30)38)19-20-41-34(25-11-5-2-6-12-25,26-13-7-3-8-14-26)27-15-9-4-10-16-27/h2-18,21-23H,1H3,(H2,38,39). The second-order valence-electron chi connectivity index (χ2n) is 9.35. The molecule has 2 N–H and O–H groups in total. The first-order valence-corrected chi connectivity index (χ1v) is 14.7. The molecule has 2 radical (unpaired) electrons. The van der Waals surface area contributed by atoms with Crippen LogP contribution in [-0.4, -0.2) is 14.5 Å². The van der Waals surface area contributed by atoms with E-state index in [1.807, 2.05) is 18.2 Å². The van der Waals surface area contributed by atoms with Crippen LogP contribution < -0.4 is 10.5 Å². The molecule has 0 aliphatic heterocycles. The second kappa shape index (κ2) is 12.6. The highest BCUT2D eigenvalue weighted by atomic mass is 35.5. The Labute approximate surface area is 252 Å². The van der Waals surface area contributed by atoms with E-state index in [0.29, 0.717) is 21.9 Å². The molecule has 1 unspecified atom stereocenters. The normalized spacial score (nSPS) is 11.8. The minimum absolute atomic E-state index is 0.0900. The molecule has 0 saturated heterocycles. The number of nitrogens with zero attached hydrogens (tertiary/aromatic N) is 1. The van der Waals surface area contributed by atoms with Crippen molar-refractivity contribution >= 4 is 38.5 Å². The number of pyridine rings is 1. The zero-order valence-corrected chi connectivity index (χ0v) is 24.6. The van der Waals surface area contributed by atoms with Gasteiger partial charge in [-0.05, 0) is 35.7 Å².